The average Bonchev–Trinajstić information content (AvgIpc) is 3.35. The summed E-state index contributed by atoms with van der Waals surface area (Å²) in [4.78, 5) is 26.1. The molecule has 7 heteroatoms. The van der Waals surface area contributed by atoms with Gasteiger partial charge in [-0.25, -0.2) is 0 Å². The van der Waals surface area contributed by atoms with Gasteiger partial charge in [-0.15, -0.1) is 11.3 Å². The molecule has 158 valence electrons. The van der Waals surface area contributed by atoms with E-state index in [0.29, 0.717) is 39.7 Å². The minimum atomic E-state index is -0.372. The molecule has 0 aliphatic carbocycles. The van der Waals surface area contributed by atoms with Crippen LogP contribution in [0.25, 0.3) is 6.08 Å². The van der Waals surface area contributed by atoms with Gasteiger partial charge >= 0.3 is 5.97 Å². The summed E-state index contributed by atoms with van der Waals surface area (Å²) >= 11 is 1.50. The third-order valence-electron chi connectivity index (χ3n) is 4.79. The number of aryl methyl sites for hydroxylation is 1. The predicted molar refractivity (Wildman–Crippen MR) is 117 cm³/mol. The summed E-state index contributed by atoms with van der Waals surface area (Å²) in [5.41, 5.74) is 1.77. The summed E-state index contributed by atoms with van der Waals surface area (Å²) < 4.78 is 22.0. The number of ketones is 1. The van der Waals surface area contributed by atoms with Crippen molar-refractivity contribution < 1.29 is 28.5 Å². The van der Waals surface area contributed by atoms with E-state index in [1.165, 1.54) is 18.4 Å². The molecule has 0 N–H and O–H groups in total. The Morgan fingerprint density at radius 3 is 2.68 bits per heavy atom. The average molecular weight is 436 g/mol. The Kier molecular flexibility index (Phi) is 5.77. The maximum Gasteiger partial charge on any atom is 0.316 e. The van der Waals surface area contributed by atoms with E-state index in [2.05, 4.69) is 0 Å². The monoisotopic (exact) mass is 436 g/mol. The Morgan fingerprint density at radius 1 is 1.13 bits per heavy atom. The van der Waals surface area contributed by atoms with Crippen LogP contribution in [0.3, 0.4) is 0 Å². The first-order chi connectivity index (χ1) is 15.0. The van der Waals surface area contributed by atoms with Gasteiger partial charge < -0.3 is 18.9 Å². The number of carbonyl (C=O) groups is 2. The zero-order chi connectivity index (χ0) is 22.0. The maximum atomic E-state index is 12.9. The molecular formula is C24H20O6S. The van der Waals surface area contributed by atoms with Gasteiger partial charge in [0.05, 0.1) is 26.2 Å². The molecule has 1 aromatic heterocycles. The molecule has 0 unspecified atom stereocenters. The molecule has 1 aliphatic rings. The van der Waals surface area contributed by atoms with Crippen LogP contribution < -0.4 is 18.9 Å². The van der Waals surface area contributed by atoms with Gasteiger partial charge in [0.25, 0.3) is 0 Å². The van der Waals surface area contributed by atoms with Crippen molar-refractivity contribution in [3.05, 3.63) is 75.2 Å². The fourth-order valence-electron chi connectivity index (χ4n) is 3.43. The van der Waals surface area contributed by atoms with Gasteiger partial charge in [0.1, 0.15) is 11.5 Å². The fraction of sp³-hybridized carbons (Fsp3) is 0.167. The van der Waals surface area contributed by atoms with Crippen molar-refractivity contribution in [1.82, 2.24) is 0 Å². The van der Waals surface area contributed by atoms with Gasteiger partial charge in [-0.1, -0.05) is 18.2 Å². The SMILES string of the molecule is COc1cccc(/C=C2\Oc3cc(OC(=O)Cc4cccs4)cc(C)c3C2=O)c1OC. The standard InChI is InChI=1S/C24H20O6S/c1-14-10-16(29-21(25)13-17-7-5-9-31-17)12-19-22(14)23(26)20(30-19)11-15-6-4-8-18(27-2)24(15)28-3/h4-12H,13H2,1-3H3/b20-11-. The maximum absolute atomic E-state index is 12.9. The lowest BCUT2D eigenvalue weighted by molar-refractivity contribution is -0.133. The van der Waals surface area contributed by atoms with Crippen LogP contribution in [-0.4, -0.2) is 26.0 Å². The molecule has 0 bridgehead atoms. The number of hydrogen-bond donors (Lipinski definition) is 0. The topological polar surface area (TPSA) is 71.1 Å². The molecule has 0 spiro atoms. The third-order valence-corrected chi connectivity index (χ3v) is 5.67. The van der Waals surface area contributed by atoms with Crippen LogP contribution in [0.5, 0.6) is 23.0 Å². The van der Waals surface area contributed by atoms with E-state index in [9.17, 15) is 9.59 Å². The third kappa shape index (κ3) is 4.18. The molecule has 0 radical (unpaired) electrons. The smallest absolute Gasteiger partial charge is 0.316 e. The van der Waals surface area contributed by atoms with Crippen LogP contribution in [0.15, 0.2) is 53.6 Å². The summed E-state index contributed by atoms with van der Waals surface area (Å²) in [6.45, 7) is 1.78. The molecule has 6 nitrogen and oxygen atoms in total. The molecule has 0 saturated carbocycles. The number of para-hydroxylation sites is 1. The summed E-state index contributed by atoms with van der Waals surface area (Å²) in [7, 11) is 3.08. The Bertz CT molecular complexity index is 1180. The summed E-state index contributed by atoms with van der Waals surface area (Å²) in [6.07, 6.45) is 1.81. The van der Waals surface area contributed by atoms with Crippen molar-refractivity contribution in [3.8, 4) is 23.0 Å². The number of thiophene rings is 1. The number of rotatable bonds is 6. The minimum Gasteiger partial charge on any atom is -0.493 e. The van der Waals surface area contributed by atoms with E-state index in [1.54, 1.807) is 50.4 Å². The number of benzene rings is 2. The van der Waals surface area contributed by atoms with Crippen molar-refractivity contribution in [3.63, 3.8) is 0 Å². The number of hydrogen-bond acceptors (Lipinski definition) is 7. The van der Waals surface area contributed by atoms with Crippen LogP contribution in [0, 0.1) is 6.92 Å². The summed E-state index contributed by atoms with van der Waals surface area (Å²) in [6, 6.07) is 12.4. The molecule has 0 saturated heterocycles. The van der Waals surface area contributed by atoms with E-state index in [4.69, 9.17) is 18.9 Å². The number of ether oxygens (including phenoxy) is 4. The number of methoxy groups -OCH3 is 2. The number of fused-ring (bicyclic) bond motifs is 1. The first-order valence-electron chi connectivity index (χ1n) is 9.53. The van der Waals surface area contributed by atoms with Crippen LogP contribution in [0.4, 0.5) is 0 Å². The highest BCUT2D eigenvalue weighted by molar-refractivity contribution is 7.10. The van der Waals surface area contributed by atoms with Gasteiger partial charge in [-0.3, -0.25) is 9.59 Å². The number of allylic oxidation sites excluding steroid dienone is 1. The van der Waals surface area contributed by atoms with Crippen molar-refractivity contribution >= 4 is 29.2 Å². The second-order valence-electron chi connectivity index (χ2n) is 6.87. The lowest BCUT2D eigenvalue weighted by Gasteiger charge is -2.10. The lowest BCUT2D eigenvalue weighted by atomic mass is 10.0. The molecule has 0 amide bonds. The molecule has 3 aromatic rings. The molecule has 0 fully saturated rings. The van der Waals surface area contributed by atoms with Crippen LogP contribution in [0.2, 0.25) is 0 Å². The predicted octanol–water partition coefficient (Wildman–Crippen LogP) is 4.84. The second kappa shape index (κ2) is 8.65. The largest absolute Gasteiger partial charge is 0.493 e. The van der Waals surface area contributed by atoms with Crippen LogP contribution in [-0.2, 0) is 11.2 Å². The highest BCUT2D eigenvalue weighted by Crippen LogP contribution is 2.39. The van der Waals surface area contributed by atoms with Crippen LogP contribution >= 0.6 is 11.3 Å². The molecule has 31 heavy (non-hydrogen) atoms. The fourth-order valence-corrected chi connectivity index (χ4v) is 4.12. The molecular weight excluding hydrogens is 416 g/mol. The summed E-state index contributed by atoms with van der Waals surface area (Å²) in [5.74, 6) is 1.30. The Labute approximate surface area is 183 Å². The molecule has 4 rings (SSSR count). The molecule has 2 heterocycles. The van der Waals surface area contributed by atoms with E-state index in [1.807, 2.05) is 17.5 Å². The van der Waals surface area contributed by atoms with Gasteiger partial charge in [0, 0.05) is 16.5 Å². The van der Waals surface area contributed by atoms with Gasteiger partial charge in [0.15, 0.2) is 17.3 Å². The van der Waals surface area contributed by atoms with Crippen molar-refractivity contribution in [2.45, 2.75) is 13.3 Å². The molecule has 1 aliphatic heterocycles. The first-order valence-corrected chi connectivity index (χ1v) is 10.4. The Balaban J connectivity index is 1.60. The van der Waals surface area contributed by atoms with Gasteiger partial charge in [-0.05, 0) is 42.1 Å². The normalized spacial score (nSPS) is 13.6. The highest BCUT2D eigenvalue weighted by atomic mass is 32.1. The van der Waals surface area contributed by atoms with E-state index < -0.39 is 0 Å². The van der Waals surface area contributed by atoms with Gasteiger partial charge in [0.2, 0.25) is 5.78 Å². The number of Topliss-reactive ketones (excluding diaryl/α,β-unsaturated/α-hetero) is 1. The van der Waals surface area contributed by atoms with Crippen molar-refractivity contribution in [2.75, 3.05) is 14.2 Å². The van der Waals surface area contributed by atoms with Gasteiger partial charge in [-0.2, -0.15) is 0 Å². The zero-order valence-electron chi connectivity index (χ0n) is 17.3. The Morgan fingerprint density at radius 2 is 1.97 bits per heavy atom. The quantitative estimate of drug-likeness (QED) is 0.313. The minimum absolute atomic E-state index is 0.159. The van der Waals surface area contributed by atoms with Crippen LogP contribution in [0.1, 0.15) is 26.4 Å². The van der Waals surface area contributed by atoms with E-state index in [-0.39, 0.29) is 23.9 Å². The molecule has 2 aromatic carbocycles. The van der Waals surface area contributed by atoms with E-state index in [0.717, 1.165) is 4.88 Å². The van der Waals surface area contributed by atoms with Crippen molar-refractivity contribution in [2.24, 2.45) is 0 Å². The number of esters is 1. The first kappa shape index (κ1) is 20.7. The highest BCUT2D eigenvalue weighted by Gasteiger charge is 2.30. The summed E-state index contributed by atoms with van der Waals surface area (Å²) in [5, 5.41) is 1.91. The zero-order valence-corrected chi connectivity index (χ0v) is 18.1. The van der Waals surface area contributed by atoms with E-state index >= 15 is 0 Å². The van der Waals surface area contributed by atoms with Crippen molar-refractivity contribution in [1.29, 1.82) is 0 Å². The Hall–Kier alpha value is -3.58. The second-order valence-corrected chi connectivity index (χ2v) is 7.90. The number of carbonyl (C=O) groups excluding carboxylic acids is 2. The lowest BCUT2D eigenvalue weighted by Crippen LogP contribution is -2.10. The molecule has 0 atom stereocenters.